The summed E-state index contributed by atoms with van der Waals surface area (Å²) in [5.74, 6) is 0.640. The molecule has 34 heavy (non-hydrogen) atoms. The topological polar surface area (TPSA) is 74.0 Å². The maximum absolute atomic E-state index is 13.8. The van der Waals surface area contributed by atoms with Crippen LogP contribution in [0, 0.1) is 0 Å². The van der Waals surface area contributed by atoms with Gasteiger partial charge in [-0.25, -0.2) is 4.98 Å². The Morgan fingerprint density at radius 3 is 2.56 bits per heavy atom. The van der Waals surface area contributed by atoms with E-state index >= 15 is 0 Å². The minimum Gasteiger partial charge on any atom is -0.435 e. The summed E-state index contributed by atoms with van der Waals surface area (Å²) >= 11 is 0. The standard InChI is InChI=1S/C25H21F2N5O2/c1-3-28-22-11-5-16-13-20(15-4-10-21-17(12-15)14-31(2)30-21)24(33)32(23(16)29-22)18-6-8-19(9-7-18)34-25(26)27/h4-14,25H,3H2,1-2H3,(H,28,29). The number of hydrogen-bond acceptors (Lipinski definition) is 5. The Bertz CT molecular complexity index is 1560. The van der Waals surface area contributed by atoms with Gasteiger partial charge in [-0.3, -0.25) is 14.0 Å². The maximum Gasteiger partial charge on any atom is 0.387 e. The van der Waals surface area contributed by atoms with Crippen molar-refractivity contribution in [2.45, 2.75) is 13.5 Å². The van der Waals surface area contributed by atoms with Crippen molar-refractivity contribution in [3.63, 3.8) is 0 Å². The number of rotatable bonds is 6. The molecule has 0 atom stereocenters. The lowest BCUT2D eigenvalue weighted by molar-refractivity contribution is -0.0498. The first-order valence-electron chi connectivity index (χ1n) is 10.7. The van der Waals surface area contributed by atoms with Gasteiger partial charge in [0.1, 0.15) is 17.2 Å². The van der Waals surface area contributed by atoms with Crippen LogP contribution in [-0.2, 0) is 7.05 Å². The van der Waals surface area contributed by atoms with Gasteiger partial charge in [-0.2, -0.15) is 13.9 Å². The zero-order chi connectivity index (χ0) is 23.8. The van der Waals surface area contributed by atoms with Crippen molar-refractivity contribution in [3.05, 3.63) is 77.2 Å². The molecule has 5 aromatic rings. The minimum absolute atomic E-state index is 0.00980. The third-order valence-corrected chi connectivity index (χ3v) is 5.46. The predicted octanol–water partition coefficient (Wildman–Crippen LogP) is 4.97. The molecule has 3 heterocycles. The molecule has 0 fully saturated rings. The molecule has 2 aromatic carbocycles. The van der Waals surface area contributed by atoms with Crippen molar-refractivity contribution in [1.29, 1.82) is 0 Å². The molecule has 0 radical (unpaired) electrons. The average Bonchev–Trinajstić information content (AvgIpc) is 3.18. The molecule has 0 bridgehead atoms. The van der Waals surface area contributed by atoms with Crippen LogP contribution >= 0.6 is 0 Å². The van der Waals surface area contributed by atoms with Crippen LogP contribution in [0.4, 0.5) is 14.6 Å². The molecule has 5 rings (SSSR count). The number of hydrogen-bond donors (Lipinski definition) is 1. The minimum atomic E-state index is -2.93. The fraction of sp³-hybridized carbons (Fsp3) is 0.160. The van der Waals surface area contributed by atoms with E-state index in [1.807, 2.05) is 56.6 Å². The summed E-state index contributed by atoms with van der Waals surface area (Å²) in [5, 5.41) is 9.23. The van der Waals surface area contributed by atoms with Gasteiger partial charge in [-0.05, 0) is 67.1 Å². The highest BCUT2D eigenvalue weighted by Crippen LogP contribution is 2.27. The van der Waals surface area contributed by atoms with Crippen LogP contribution in [0.3, 0.4) is 0 Å². The van der Waals surface area contributed by atoms with Crippen molar-refractivity contribution < 1.29 is 13.5 Å². The molecule has 0 saturated heterocycles. The van der Waals surface area contributed by atoms with E-state index in [1.54, 1.807) is 16.8 Å². The fourth-order valence-electron chi connectivity index (χ4n) is 4.00. The van der Waals surface area contributed by atoms with E-state index in [2.05, 4.69) is 20.1 Å². The maximum atomic E-state index is 13.8. The van der Waals surface area contributed by atoms with E-state index in [-0.39, 0.29) is 11.3 Å². The second kappa shape index (κ2) is 8.58. The van der Waals surface area contributed by atoms with Crippen LogP contribution < -0.4 is 15.6 Å². The molecule has 0 aliphatic carbocycles. The van der Waals surface area contributed by atoms with Crippen molar-refractivity contribution in [2.24, 2.45) is 7.05 Å². The van der Waals surface area contributed by atoms with Crippen molar-refractivity contribution in [2.75, 3.05) is 11.9 Å². The fourth-order valence-corrected chi connectivity index (χ4v) is 4.00. The number of aromatic nitrogens is 4. The predicted molar refractivity (Wildman–Crippen MR) is 128 cm³/mol. The van der Waals surface area contributed by atoms with Crippen LogP contribution in [0.2, 0.25) is 0 Å². The van der Waals surface area contributed by atoms with E-state index in [1.165, 1.54) is 16.7 Å². The summed E-state index contributed by atoms with van der Waals surface area (Å²) < 4.78 is 32.8. The van der Waals surface area contributed by atoms with E-state index in [0.29, 0.717) is 29.3 Å². The molecule has 9 heteroatoms. The summed E-state index contributed by atoms with van der Waals surface area (Å²) in [6, 6.07) is 17.2. The van der Waals surface area contributed by atoms with Crippen molar-refractivity contribution in [3.8, 4) is 22.6 Å². The monoisotopic (exact) mass is 461 g/mol. The second-order valence-corrected chi connectivity index (χ2v) is 7.79. The Morgan fingerprint density at radius 1 is 1.03 bits per heavy atom. The smallest absolute Gasteiger partial charge is 0.387 e. The van der Waals surface area contributed by atoms with Gasteiger partial charge in [-0.1, -0.05) is 6.07 Å². The lowest BCUT2D eigenvalue weighted by Crippen LogP contribution is -2.21. The van der Waals surface area contributed by atoms with Crippen molar-refractivity contribution in [1.82, 2.24) is 19.3 Å². The van der Waals surface area contributed by atoms with E-state index in [9.17, 15) is 13.6 Å². The average molecular weight is 461 g/mol. The molecule has 0 saturated carbocycles. The number of ether oxygens (including phenoxy) is 1. The number of aryl methyl sites for hydroxylation is 1. The number of fused-ring (bicyclic) bond motifs is 2. The molecule has 0 aliphatic rings. The number of pyridine rings is 2. The molecule has 0 spiro atoms. The van der Waals surface area contributed by atoms with Gasteiger partial charge in [0.15, 0.2) is 0 Å². The molecule has 7 nitrogen and oxygen atoms in total. The number of anilines is 1. The summed E-state index contributed by atoms with van der Waals surface area (Å²) in [4.78, 5) is 18.4. The van der Waals surface area contributed by atoms with Gasteiger partial charge in [0, 0.05) is 36.1 Å². The van der Waals surface area contributed by atoms with Crippen molar-refractivity contribution >= 4 is 27.8 Å². The highest BCUT2D eigenvalue weighted by Gasteiger charge is 2.16. The largest absolute Gasteiger partial charge is 0.435 e. The number of nitrogens with one attached hydrogen (secondary N) is 1. The zero-order valence-corrected chi connectivity index (χ0v) is 18.5. The molecular weight excluding hydrogens is 440 g/mol. The Labute approximate surface area is 193 Å². The van der Waals surface area contributed by atoms with Crippen LogP contribution in [0.25, 0.3) is 38.8 Å². The number of benzene rings is 2. The number of nitrogens with zero attached hydrogens (tertiary/aromatic N) is 4. The summed E-state index contributed by atoms with van der Waals surface area (Å²) in [5.41, 5.74) is 2.73. The highest BCUT2D eigenvalue weighted by molar-refractivity contribution is 5.88. The Balaban J connectivity index is 1.74. The summed E-state index contributed by atoms with van der Waals surface area (Å²) in [6.07, 6.45) is 1.89. The second-order valence-electron chi connectivity index (χ2n) is 7.79. The van der Waals surface area contributed by atoms with Gasteiger partial charge in [-0.15, -0.1) is 0 Å². The summed E-state index contributed by atoms with van der Waals surface area (Å²) in [6.45, 7) is -0.297. The molecule has 0 unspecified atom stereocenters. The Morgan fingerprint density at radius 2 is 1.82 bits per heavy atom. The van der Waals surface area contributed by atoms with Crippen LogP contribution in [0.1, 0.15) is 6.92 Å². The van der Waals surface area contributed by atoms with Gasteiger partial charge >= 0.3 is 6.61 Å². The molecule has 0 aliphatic heterocycles. The van der Waals surface area contributed by atoms with Crippen LogP contribution in [0.5, 0.6) is 5.75 Å². The first kappa shape index (κ1) is 21.6. The van der Waals surface area contributed by atoms with Gasteiger partial charge in [0.25, 0.3) is 5.56 Å². The lowest BCUT2D eigenvalue weighted by Gasteiger charge is -2.14. The van der Waals surface area contributed by atoms with E-state index < -0.39 is 6.61 Å². The van der Waals surface area contributed by atoms with E-state index in [4.69, 9.17) is 0 Å². The first-order valence-corrected chi connectivity index (χ1v) is 10.7. The van der Waals surface area contributed by atoms with Crippen LogP contribution in [0.15, 0.2) is 71.7 Å². The molecule has 172 valence electrons. The molecule has 0 amide bonds. The number of halogens is 2. The van der Waals surface area contributed by atoms with Gasteiger partial charge in [0.2, 0.25) is 0 Å². The normalized spacial score (nSPS) is 11.4. The highest BCUT2D eigenvalue weighted by atomic mass is 19.3. The van der Waals surface area contributed by atoms with Gasteiger partial charge < -0.3 is 10.1 Å². The Kier molecular flexibility index (Phi) is 5.45. The van der Waals surface area contributed by atoms with Crippen LogP contribution in [-0.4, -0.2) is 32.5 Å². The third-order valence-electron chi connectivity index (χ3n) is 5.46. The molecule has 3 aromatic heterocycles. The van der Waals surface area contributed by atoms with E-state index in [0.717, 1.165) is 21.9 Å². The quantitative estimate of drug-likeness (QED) is 0.386. The SMILES string of the molecule is CCNc1ccc2cc(-c3ccc4nn(C)cc4c3)c(=O)n(-c3ccc(OC(F)F)cc3)c2n1. The Hall–Kier alpha value is -4.27. The molecule has 1 N–H and O–H groups in total. The first-order chi connectivity index (χ1) is 16.4. The lowest BCUT2D eigenvalue weighted by atomic mass is 10.0. The zero-order valence-electron chi connectivity index (χ0n) is 18.5. The van der Waals surface area contributed by atoms with Gasteiger partial charge in [0.05, 0.1) is 11.2 Å². The summed E-state index contributed by atoms with van der Waals surface area (Å²) in [7, 11) is 1.84. The third kappa shape index (κ3) is 3.96. The molecular formula is C25H21F2N5O2. The number of alkyl halides is 2.